The summed E-state index contributed by atoms with van der Waals surface area (Å²) in [6.45, 7) is 0. The third kappa shape index (κ3) is 1.70. The van der Waals surface area contributed by atoms with Crippen LogP contribution in [-0.4, -0.2) is 5.11 Å². The first kappa shape index (κ1) is 8.26. The molecule has 0 amide bonds. The van der Waals surface area contributed by atoms with Gasteiger partial charge in [-0.25, -0.2) is 0 Å². The van der Waals surface area contributed by atoms with E-state index in [4.69, 9.17) is 5.11 Å². The Morgan fingerprint density at radius 2 is 1.69 bits per heavy atom. The average molecular weight is 194 g/mol. The zero-order chi connectivity index (χ0) is 9.26. The number of benzene rings is 1. The molecular weight excluding hydrogens is 187 g/mol. The number of aromatic hydroxyl groups is 1. The minimum Gasteiger partial charge on any atom is -0.508 e. The average Bonchev–Trinajstić information content (AvgIpc) is 2.53. The summed E-state index contributed by atoms with van der Waals surface area (Å²) >= 11 is 1.10. The van der Waals surface area contributed by atoms with Gasteiger partial charge in [-0.3, -0.25) is 0 Å². The Bertz CT molecular complexity index is 405. The SMILES string of the molecule is Oc1ccc(-c2ccc(F)s2)cc1. The van der Waals surface area contributed by atoms with Crippen LogP contribution >= 0.6 is 11.3 Å². The molecule has 0 aliphatic heterocycles. The summed E-state index contributed by atoms with van der Waals surface area (Å²) in [7, 11) is 0. The van der Waals surface area contributed by atoms with Crippen molar-refractivity contribution in [3.05, 3.63) is 41.5 Å². The molecule has 0 spiro atoms. The number of hydrogen-bond donors (Lipinski definition) is 1. The zero-order valence-corrected chi connectivity index (χ0v) is 7.51. The van der Waals surface area contributed by atoms with Crippen molar-refractivity contribution in [1.29, 1.82) is 0 Å². The summed E-state index contributed by atoms with van der Waals surface area (Å²) < 4.78 is 12.7. The standard InChI is InChI=1S/C10H7FOS/c11-10-6-5-9(13-10)7-1-3-8(12)4-2-7/h1-6,12H. The Balaban J connectivity index is 2.41. The van der Waals surface area contributed by atoms with Crippen molar-refractivity contribution in [2.75, 3.05) is 0 Å². The van der Waals surface area contributed by atoms with E-state index in [2.05, 4.69) is 0 Å². The van der Waals surface area contributed by atoms with Crippen LogP contribution in [0.4, 0.5) is 4.39 Å². The van der Waals surface area contributed by atoms with Gasteiger partial charge in [-0.1, -0.05) is 0 Å². The van der Waals surface area contributed by atoms with Crippen LogP contribution in [0.3, 0.4) is 0 Å². The van der Waals surface area contributed by atoms with Crippen molar-refractivity contribution in [3.63, 3.8) is 0 Å². The third-order valence-corrected chi connectivity index (χ3v) is 2.65. The fourth-order valence-electron chi connectivity index (χ4n) is 1.10. The summed E-state index contributed by atoms with van der Waals surface area (Å²) in [5, 5.41) is 8.85. The monoisotopic (exact) mass is 194 g/mol. The minimum atomic E-state index is -0.192. The normalized spacial score (nSPS) is 10.2. The van der Waals surface area contributed by atoms with Gasteiger partial charge in [0, 0.05) is 4.88 Å². The first-order valence-corrected chi connectivity index (χ1v) is 4.62. The van der Waals surface area contributed by atoms with Crippen molar-refractivity contribution in [3.8, 4) is 16.2 Å². The number of thiophene rings is 1. The van der Waals surface area contributed by atoms with E-state index in [1.807, 2.05) is 0 Å². The summed E-state index contributed by atoms with van der Waals surface area (Å²) in [5.41, 5.74) is 0.923. The maximum atomic E-state index is 12.7. The summed E-state index contributed by atoms with van der Waals surface area (Å²) in [5.74, 6) is 0.223. The van der Waals surface area contributed by atoms with Gasteiger partial charge < -0.3 is 5.11 Å². The molecule has 0 saturated heterocycles. The number of halogens is 1. The maximum Gasteiger partial charge on any atom is 0.176 e. The first-order chi connectivity index (χ1) is 6.25. The smallest absolute Gasteiger partial charge is 0.176 e. The van der Waals surface area contributed by atoms with Gasteiger partial charge in [0.1, 0.15) is 5.75 Å². The van der Waals surface area contributed by atoms with Crippen molar-refractivity contribution in [2.45, 2.75) is 0 Å². The predicted molar refractivity (Wildman–Crippen MR) is 51.4 cm³/mol. The molecule has 1 aromatic carbocycles. The van der Waals surface area contributed by atoms with Gasteiger partial charge in [-0.15, -0.1) is 11.3 Å². The number of phenolic OH excluding ortho intramolecular Hbond substituents is 1. The van der Waals surface area contributed by atoms with E-state index in [0.717, 1.165) is 21.8 Å². The molecule has 0 radical (unpaired) electrons. The zero-order valence-electron chi connectivity index (χ0n) is 6.70. The van der Waals surface area contributed by atoms with Gasteiger partial charge in [-0.2, -0.15) is 4.39 Å². The van der Waals surface area contributed by atoms with Crippen LogP contribution in [0.15, 0.2) is 36.4 Å². The predicted octanol–water partition coefficient (Wildman–Crippen LogP) is 3.26. The van der Waals surface area contributed by atoms with Crippen LogP contribution in [-0.2, 0) is 0 Å². The third-order valence-electron chi connectivity index (χ3n) is 1.73. The van der Waals surface area contributed by atoms with E-state index in [9.17, 15) is 4.39 Å². The summed E-state index contributed by atoms with van der Waals surface area (Å²) in [6.07, 6.45) is 0. The van der Waals surface area contributed by atoms with Gasteiger partial charge >= 0.3 is 0 Å². The second kappa shape index (κ2) is 3.18. The van der Waals surface area contributed by atoms with E-state index >= 15 is 0 Å². The minimum absolute atomic E-state index is 0.192. The molecule has 1 N–H and O–H groups in total. The molecule has 0 bridgehead atoms. The molecule has 1 nitrogen and oxygen atoms in total. The lowest BCUT2D eigenvalue weighted by Gasteiger charge is -1.96. The first-order valence-electron chi connectivity index (χ1n) is 3.80. The Morgan fingerprint density at radius 1 is 1.00 bits per heavy atom. The van der Waals surface area contributed by atoms with Crippen LogP contribution in [0.25, 0.3) is 10.4 Å². The molecule has 3 heteroatoms. The van der Waals surface area contributed by atoms with Crippen LogP contribution in [0, 0.1) is 5.13 Å². The second-order valence-electron chi connectivity index (χ2n) is 2.65. The van der Waals surface area contributed by atoms with Crippen molar-refractivity contribution < 1.29 is 9.50 Å². The lowest BCUT2D eigenvalue weighted by molar-refractivity contribution is 0.475. The number of hydrogen-bond acceptors (Lipinski definition) is 2. The van der Waals surface area contributed by atoms with Crippen molar-refractivity contribution in [2.24, 2.45) is 0 Å². The molecule has 1 aromatic heterocycles. The molecule has 66 valence electrons. The highest BCUT2D eigenvalue weighted by atomic mass is 32.1. The van der Waals surface area contributed by atoms with Crippen LogP contribution < -0.4 is 0 Å². The van der Waals surface area contributed by atoms with Crippen molar-refractivity contribution in [1.82, 2.24) is 0 Å². The highest BCUT2D eigenvalue weighted by Gasteiger charge is 2.01. The summed E-state index contributed by atoms with van der Waals surface area (Å²) in [6, 6.07) is 9.88. The Kier molecular flexibility index (Phi) is 2.02. The molecule has 0 unspecified atom stereocenters. The van der Waals surface area contributed by atoms with E-state index in [1.165, 1.54) is 6.07 Å². The highest BCUT2D eigenvalue weighted by Crippen LogP contribution is 2.27. The van der Waals surface area contributed by atoms with Crippen LogP contribution in [0.1, 0.15) is 0 Å². The van der Waals surface area contributed by atoms with Gasteiger partial charge in [0.15, 0.2) is 5.13 Å². The second-order valence-corrected chi connectivity index (χ2v) is 3.68. The van der Waals surface area contributed by atoms with Crippen molar-refractivity contribution >= 4 is 11.3 Å². The van der Waals surface area contributed by atoms with Gasteiger partial charge in [0.05, 0.1) is 0 Å². The van der Waals surface area contributed by atoms with E-state index < -0.39 is 0 Å². The van der Waals surface area contributed by atoms with E-state index in [0.29, 0.717) is 0 Å². The lowest BCUT2D eigenvalue weighted by atomic mass is 10.2. The van der Waals surface area contributed by atoms with E-state index in [-0.39, 0.29) is 10.9 Å². The molecule has 0 saturated carbocycles. The molecule has 2 rings (SSSR count). The topological polar surface area (TPSA) is 20.2 Å². The van der Waals surface area contributed by atoms with E-state index in [1.54, 1.807) is 30.3 Å². The molecule has 0 aliphatic carbocycles. The number of rotatable bonds is 1. The molecule has 13 heavy (non-hydrogen) atoms. The Morgan fingerprint density at radius 3 is 2.23 bits per heavy atom. The summed E-state index contributed by atoms with van der Waals surface area (Å²) in [4.78, 5) is 0.873. The molecule has 0 fully saturated rings. The Hall–Kier alpha value is -1.35. The molecule has 1 heterocycles. The van der Waals surface area contributed by atoms with Gasteiger partial charge in [0.25, 0.3) is 0 Å². The molecular formula is C10H7FOS. The van der Waals surface area contributed by atoms with Crippen LogP contribution in [0.2, 0.25) is 0 Å². The molecule has 0 atom stereocenters. The van der Waals surface area contributed by atoms with Gasteiger partial charge in [-0.05, 0) is 42.0 Å². The number of phenols is 1. The lowest BCUT2D eigenvalue weighted by Crippen LogP contribution is -1.69. The molecule has 0 aliphatic rings. The fraction of sp³-hybridized carbons (Fsp3) is 0. The van der Waals surface area contributed by atoms with Gasteiger partial charge in [0.2, 0.25) is 0 Å². The fourth-order valence-corrected chi connectivity index (χ4v) is 1.83. The Labute approximate surface area is 79.1 Å². The highest BCUT2D eigenvalue weighted by molar-refractivity contribution is 7.13. The van der Waals surface area contributed by atoms with Crippen LogP contribution in [0.5, 0.6) is 5.75 Å². The molecule has 2 aromatic rings. The quantitative estimate of drug-likeness (QED) is 0.738. The maximum absolute atomic E-state index is 12.7. The largest absolute Gasteiger partial charge is 0.508 e.